The van der Waals surface area contributed by atoms with Crippen LogP contribution in [0.3, 0.4) is 0 Å². The summed E-state index contributed by atoms with van der Waals surface area (Å²) < 4.78 is 7.48. The number of likely N-dealkylation sites (tertiary alicyclic amines) is 1. The molecule has 1 N–H and O–H groups in total. The zero-order chi connectivity index (χ0) is 16.7. The van der Waals surface area contributed by atoms with Crippen molar-refractivity contribution in [1.82, 2.24) is 19.7 Å². The Bertz CT molecular complexity index is 876. The summed E-state index contributed by atoms with van der Waals surface area (Å²) in [5.41, 5.74) is -0.493. The fraction of sp³-hybridized carbons (Fsp3) is 0.438. The highest BCUT2D eigenvalue weighted by Crippen LogP contribution is 2.31. The average Bonchev–Trinajstić information content (AvgIpc) is 2.96. The van der Waals surface area contributed by atoms with E-state index in [1.54, 1.807) is 0 Å². The smallest absolute Gasteiger partial charge is 0.330 e. The van der Waals surface area contributed by atoms with Crippen LogP contribution in [0.5, 0.6) is 0 Å². The summed E-state index contributed by atoms with van der Waals surface area (Å²) in [6, 6.07) is 7.79. The van der Waals surface area contributed by atoms with Crippen LogP contribution in [0.1, 0.15) is 17.8 Å². The molecule has 1 spiro atoms. The third-order valence-electron chi connectivity index (χ3n) is 4.71. The minimum atomic E-state index is -0.688. The molecule has 126 valence electrons. The zero-order valence-electron chi connectivity index (χ0n) is 13.0. The van der Waals surface area contributed by atoms with Gasteiger partial charge in [0.2, 0.25) is 0 Å². The fourth-order valence-corrected chi connectivity index (χ4v) is 3.57. The number of ether oxygens (including phenoxy) is 1. The van der Waals surface area contributed by atoms with Gasteiger partial charge in [-0.1, -0.05) is 23.7 Å². The largest absolute Gasteiger partial charge is 0.364 e. The van der Waals surface area contributed by atoms with E-state index in [4.69, 9.17) is 16.3 Å². The van der Waals surface area contributed by atoms with Crippen LogP contribution in [0.15, 0.2) is 33.9 Å². The molecule has 2 aromatic rings. The second kappa shape index (κ2) is 5.84. The van der Waals surface area contributed by atoms with E-state index in [2.05, 4.69) is 15.1 Å². The van der Waals surface area contributed by atoms with Gasteiger partial charge in [-0.05, 0) is 24.1 Å². The number of benzene rings is 1. The van der Waals surface area contributed by atoms with Crippen molar-refractivity contribution in [2.24, 2.45) is 0 Å². The molecule has 0 unspecified atom stereocenters. The number of aromatic nitrogens is 3. The lowest BCUT2D eigenvalue weighted by Crippen LogP contribution is -2.51. The zero-order valence-corrected chi connectivity index (χ0v) is 13.8. The molecule has 1 aromatic heterocycles. The first-order valence-corrected chi connectivity index (χ1v) is 8.22. The van der Waals surface area contributed by atoms with E-state index in [9.17, 15) is 9.59 Å². The maximum absolute atomic E-state index is 12.1. The van der Waals surface area contributed by atoms with Gasteiger partial charge < -0.3 is 4.74 Å². The van der Waals surface area contributed by atoms with Gasteiger partial charge in [-0.15, -0.1) is 0 Å². The van der Waals surface area contributed by atoms with Crippen LogP contribution in [-0.4, -0.2) is 38.4 Å². The molecule has 4 rings (SSSR count). The van der Waals surface area contributed by atoms with E-state index in [1.165, 1.54) is 10.1 Å². The Morgan fingerprint density at radius 1 is 1.25 bits per heavy atom. The molecule has 2 aliphatic rings. The van der Waals surface area contributed by atoms with Crippen molar-refractivity contribution >= 4 is 11.6 Å². The van der Waals surface area contributed by atoms with Gasteiger partial charge in [-0.2, -0.15) is 5.10 Å². The number of H-pyrrole nitrogens is 1. The Balaban J connectivity index is 1.52. The highest BCUT2D eigenvalue weighted by atomic mass is 35.5. The van der Waals surface area contributed by atoms with Crippen LogP contribution in [0.25, 0.3) is 0 Å². The maximum Gasteiger partial charge on any atom is 0.330 e. The van der Waals surface area contributed by atoms with E-state index in [0.29, 0.717) is 18.9 Å². The van der Waals surface area contributed by atoms with Gasteiger partial charge in [-0.25, -0.2) is 5.10 Å². The highest BCUT2D eigenvalue weighted by Gasteiger charge is 2.42. The first kappa shape index (κ1) is 15.6. The summed E-state index contributed by atoms with van der Waals surface area (Å²) in [6.45, 7) is 3.01. The lowest BCUT2D eigenvalue weighted by Gasteiger charge is -2.34. The number of nitrogens with zero attached hydrogens (tertiary/aromatic N) is 3. The quantitative estimate of drug-likeness (QED) is 0.810. The van der Waals surface area contributed by atoms with Gasteiger partial charge in [0.15, 0.2) is 5.82 Å². The third kappa shape index (κ3) is 2.79. The molecule has 1 saturated heterocycles. The van der Waals surface area contributed by atoms with Crippen molar-refractivity contribution in [2.45, 2.75) is 31.7 Å². The Kier molecular flexibility index (Phi) is 3.79. The molecule has 0 bridgehead atoms. The summed E-state index contributed by atoms with van der Waals surface area (Å²) in [5, 5.41) is 6.84. The van der Waals surface area contributed by atoms with Crippen LogP contribution < -0.4 is 11.1 Å². The first-order chi connectivity index (χ1) is 11.5. The number of fused-ring (bicyclic) bond motifs is 1. The maximum atomic E-state index is 12.1. The van der Waals surface area contributed by atoms with Crippen molar-refractivity contribution in [3.05, 3.63) is 61.4 Å². The molecule has 0 radical (unpaired) electrons. The van der Waals surface area contributed by atoms with Gasteiger partial charge in [0.05, 0.1) is 6.54 Å². The second-order valence-corrected chi connectivity index (χ2v) is 6.86. The summed E-state index contributed by atoms with van der Waals surface area (Å²) in [7, 11) is 0. The molecule has 0 aliphatic carbocycles. The topological polar surface area (TPSA) is 80.2 Å². The molecule has 1 fully saturated rings. The van der Waals surface area contributed by atoms with E-state index in [1.807, 2.05) is 24.3 Å². The molecule has 24 heavy (non-hydrogen) atoms. The van der Waals surface area contributed by atoms with Crippen LogP contribution in [0.2, 0.25) is 5.02 Å². The molecule has 7 nitrogen and oxygen atoms in total. The van der Waals surface area contributed by atoms with Gasteiger partial charge in [0.1, 0.15) is 12.2 Å². The third-order valence-corrected chi connectivity index (χ3v) is 4.96. The fourth-order valence-electron chi connectivity index (χ4n) is 3.45. The molecule has 0 amide bonds. The van der Waals surface area contributed by atoms with E-state index in [-0.39, 0.29) is 6.61 Å². The summed E-state index contributed by atoms with van der Waals surface area (Å²) >= 11 is 5.92. The Labute approximate surface area is 142 Å². The number of hydrogen-bond donors (Lipinski definition) is 1. The van der Waals surface area contributed by atoms with Crippen molar-refractivity contribution < 1.29 is 4.74 Å². The van der Waals surface area contributed by atoms with E-state index < -0.39 is 16.7 Å². The number of hydrogen-bond acceptors (Lipinski definition) is 5. The Hall–Kier alpha value is -1.96. The normalized spacial score (nSPS) is 23.5. The van der Waals surface area contributed by atoms with Crippen molar-refractivity contribution in [3.8, 4) is 0 Å². The van der Waals surface area contributed by atoms with Crippen LogP contribution in [-0.2, 0) is 24.4 Å². The molecular weight excluding hydrogens is 332 g/mol. The highest BCUT2D eigenvalue weighted by molar-refractivity contribution is 6.30. The van der Waals surface area contributed by atoms with Gasteiger partial charge >= 0.3 is 11.1 Å². The second-order valence-electron chi connectivity index (χ2n) is 6.42. The van der Waals surface area contributed by atoms with Crippen LogP contribution in [0, 0.1) is 0 Å². The number of halogens is 1. The lowest BCUT2D eigenvalue weighted by molar-refractivity contribution is -0.0853. The monoisotopic (exact) mass is 348 g/mol. The SMILES string of the molecule is O=c1[nH]nc2n(c1=O)C[C@]1(CCN(Cc3ccc(Cl)cc3)C1)OC2. The Morgan fingerprint density at radius 3 is 2.83 bits per heavy atom. The predicted molar refractivity (Wildman–Crippen MR) is 88.0 cm³/mol. The van der Waals surface area contributed by atoms with Gasteiger partial charge in [-0.3, -0.25) is 19.1 Å². The predicted octanol–water partition coefficient (Wildman–Crippen LogP) is 0.760. The molecule has 2 aliphatic heterocycles. The number of rotatable bonds is 2. The molecule has 0 saturated carbocycles. The van der Waals surface area contributed by atoms with E-state index >= 15 is 0 Å². The van der Waals surface area contributed by atoms with Crippen molar-refractivity contribution in [2.75, 3.05) is 13.1 Å². The summed E-state index contributed by atoms with van der Waals surface area (Å²) in [5.74, 6) is 0.473. The molecule has 1 atom stereocenters. The minimum absolute atomic E-state index is 0.237. The summed E-state index contributed by atoms with van der Waals surface area (Å²) in [6.07, 6.45) is 0.819. The molecule has 1 aromatic carbocycles. The minimum Gasteiger partial charge on any atom is -0.364 e. The number of nitrogens with one attached hydrogen (secondary N) is 1. The lowest BCUT2D eigenvalue weighted by atomic mass is 10.0. The van der Waals surface area contributed by atoms with Crippen molar-refractivity contribution in [1.29, 1.82) is 0 Å². The van der Waals surface area contributed by atoms with Crippen LogP contribution in [0.4, 0.5) is 0 Å². The van der Waals surface area contributed by atoms with Crippen LogP contribution >= 0.6 is 11.6 Å². The van der Waals surface area contributed by atoms with Crippen molar-refractivity contribution in [3.63, 3.8) is 0 Å². The summed E-state index contributed by atoms with van der Waals surface area (Å²) in [4.78, 5) is 25.9. The van der Waals surface area contributed by atoms with Gasteiger partial charge in [0.25, 0.3) is 0 Å². The first-order valence-electron chi connectivity index (χ1n) is 7.84. The Morgan fingerprint density at radius 2 is 2.04 bits per heavy atom. The van der Waals surface area contributed by atoms with Gasteiger partial charge in [0, 0.05) is 24.7 Å². The number of aromatic amines is 1. The standard InChI is InChI=1S/C16H17ClN4O3/c17-12-3-1-11(2-4-12)7-20-6-5-16(9-20)10-21-13(8-24-16)18-19-14(22)15(21)23/h1-4H,5-10H2,(H,19,22)/t16-/m1/s1. The average molecular weight is 349 g/mol. The molecular formula is C16H17ClN4O3. The van der Waals surface area contributed by atoms with E-state index in [0.717, 1.165) is 24.5 Å². The molecule has 8 heteroatoms. The molecule has 3 heterocycles.